The molecule has 0 spiro atoms. The molecule has 0 radical (unpaired) electrons. The molecule has 0 saturated carbocycles. The number of pyridine rings is 1. The number of hydrogen-bond donors (Lipinski definition) is 1. The number of hydrazone groups is 1. The Bertz CT molecular complexity index is 904. The molecule has 0 bridgehead atoms. The van der Waals surface area contributed by atoms with Gasteiger partial charge in [0.1, 0.15) is 0 Å². The molecule has 4 nitrogen and oxygen atoms in total. The predicted octanol–water partition coefficient (Wildman–Crippen LogP) is 3.27. The number of rotatable bonds is 3. The van der Waals surface area contributed by atoms with Crippen LogP contribution < -0.4 is 5.73 Å². The number of nitrogens with two attached hydrogens (primary N) is 1. The fourth-order valence-corrected chi connectivity index (χ4v) is 3.39. The van der Waals surface area contributed by atoms with Crippen LogP contribution in [0.3, 0.4) is 0 Å². The number of benzene rings is 1. The third-order valence-electron chi connectivity index (χ3n) is 4.47. The van der Waals surface area contributed by atoms with E-state index in [0.717, 1.165) is 53.2 Å². The summed E-state index contributed by atoms with van der Waals surface area (Å²) in [5, 5.41) is 4.83. The SMILES string of the molecule is C=C/C(=C1\C(c2ccccn2)=N[N+]2=C1CCC2)c1ccccc1N. The predicted molar refractivity (Wildman–Crippen MR) is 98.1 cm³/mol. The highest BCUT2D eigenvalue weighted by molar-refractivity contribution is 6.34. The maximum Gasteiger partial charge on any atom is 0.219 e. The van der Waals surface area contributed by atoms with Crippen LogP contribution in [0.25, 0.3) is 5.57 Å². The van der Waals surface area contributed by atoms with E-state index in [4.69, 9.17) is 10.8 Å². The van der Waals surface area contributed by atoms with Crippen LogP contribution in [-0.4, -0.2) is 27.6 Å². The second kappa shape index (κ2) is 5.89. The minimum Gasteiger partial charge on any atom is -0.398 e. The van der Waals surface area contributed by atoms with Crippen LogP contribution in [0, 0.1) is 0 Å². The lowest BCUT2D eigenvalue weighted by molar-refractivity contribution is -0.521. The molecule has 3 heterocycles. The van der Waals surface area contributed by atoms with Gasteiger partial charge in [-0.3, -0.25) is 4.98 Å². The molecule has 0 unspecified atom stereocenters. The van der Waals surface area contributed by atoms with Crippen molar-refractivity contribution in [3.8, 4) is 0 Å². The summed E-state index contributed by atoms with van der Waals surface area (Å²) in [4.78, 5) is 4.50. The highest BCUT2D eigenvalue weighted by Crippen LogP contribution is 2.32. The summed E-state index contributed by atoms with van der Waals surface area (Å²) in [6, 6.07) is 13.8. The molecule has 4 heteroatoms. The van der Waals surface area contributed by atoms with Crippen LogP contribution in [0.2, 0.25) is 0 Å². The topological polar surface area (TPSA) is 54.3 Å². The second-order valence-electron chi connectivity index (χ2n) is 5.92. The zero-order valence-corrected chi connectivity index (χ0v) is 13.4. The van der Waals surface area contributed by atoms with Crippen LogP contribution in [-0.2, 0) is 0 Å². The molecule has 0 fully saturated rings. The van der Waals surface area contributed by atoms with E-state index in [9.17, 15) is 0 Å². The minimum absolute atomic E-state index is 0.748. The molecule has 1 aromatic carbocycles. The van der Waals surface area contributed by atoms with Gasteiger partial charge >= 0.3 is 0 Å². The quantitative estimate of drug-likeness (QED) is 0.698. The summed E-state index contributed by atoms with van der Waals surface area (Å²) in [6.45, 7) is 4.99. The minimum atomic E-state index is 0.748. The molecule has 2 aliphatic heterocycles. The van der Waals surface area contributed by atoms with Crippen molar-refractivity contribution < 1.29 is 4.68 Å². The fourth-order valence-electron chi connectivity index (χ4n) is 3.39. The van der Waals surface area contributed by atoms with E-state index in [0.29, 0.717) is 0 Å². The zero-order chi connectivity index (χ0) is 16.5. The number of hydrogen-bond acceptors (Lipinski definition) is 3. The number of para-hydroxylation sites is 1. The van der Waals surface area contributed by atoms with Gasteiger partial charge in [0.15, 0.2) is 12.3 Å². The van der Waals surface area contributed by atoms with Gasteiger partial charge in [-0.05, 0) is 23.8 Å². The van der Waals surface area contributed by atoms with E-state index < -0.39 is 0 Å². The highest BCUT2D eigenvalue weighted by Gasteiger charge is 2.39. The smallest absolute Gasteiger partial charge is 0.219 e. The number of allylic oxidation sites excluding steroid dienone is 3. The van der Waals surface area contributed by atoms with Crippen LogP contribution in [0.15, 0.2) is 72.0 Å². The average molecular weight is 315 g/mol. The molecule has 4 rings (SSSR count). The van der Waals surface area contributed by atoms with Gasteiger partial charge in [-0.1, -0.05) is 41.6 Å². The number of nitrogen functional groups attached to an aromatic ring is 1. The second-order valence-corrected chi connectivity index (χ2v) is 5.92. The summed E-state index contributed by atoms with van der Waals surface area (Å²) >= 11 is 0. The van der Waals surface area contributed by atoms with E-state index >= 15 is 0 Å². The molecule has 0 aliphatic carbocycles. The molecule has 118 valence electrons. The van der Waals surface area contributed by atoms with Crippen molar-refractivity contribution in [2.45, 2.75) is 12.8 Å². The van der Waals surface area contributed by atoms with Crippen LogP contribution in [0.1, 0.15) is 24.1 Å². The maximum atomic E-state index is 6.23. The van der Waals surface area contributed by atoms with Crippen molar-refractivity contribution in [3.63, 3.8) is 0 Å². The first-order valence-electron chi connectivity index (χ1n) is 8.15. The third-order valence-corrected chi connectivity index (χ3v) is 4.47. The first-order chi connectivity index (χ1) is 11.8. The van der Waals surface area contributed by atoms with Gasteiger partial charge in [0.25, 0.3) is 0 Å². The Balaban J connectivity index is 1.97. The monoisotopic (exact) mass is 315 g/mol. The van der Waals surface area contributed by atoms with Crippen molar-refractivity contribution in [2.24, 2.45) is 5.10 Å². The Morgan fingerprint density at radius 1 is 1.17 bits per heavy atom. The van der Waals surface area contributed by atoms with Crippen LogP contribution in [0.5, 0.6) is 0 Å². The van der Waals surface area contributed by atoms with Crippen LogP contribution in [0.4, 0.5) is 5.69 Å². The van der Waals surface area contributed by atoms with Crippen molar-refractivity contribution in [1.29, 1.82) is 0 Å². The molecular formula is C20H19N4+. The van der Waals surface area contributed by atoms with Gasteiger partial charge in [-0.2, -0.15) is 0 Å². The Morgan fingerprint density at radius 3 is 2.75 bits per heavy atom. The van der Waals surface area contributed by atoms with Crippen LogP contribution >= 0.6 is 0 Å². The average Bonchev–Trinajstić information content (AvgIpc) is 3.20. The van der Waals surface area contributed by atoms with Gasteiger partial charge in [0.05, 0.1) is 11.3 Å². The van der Waals surface area contributed by atoms with Crippen molar-refractivity contribution in [1.82, 2.24) is 4.98 Å². The lowest BCUT2D eigenvalue weighted by Gasteiger charge is -2.10. The van der Waals surface area contributed by atoms with Gasteiger partial charge in [-0.15, -0.1) is 0 Å². The van der Waals surface area contributed by atoms with Gasteiger partial charge in [0.2, 0.25) is 5.71 Å². The number of aromatic nitrogens is 1. The molecule has 0 amide bonds. The van der Waals surface area contributed by atoms with E-state index in [-0.39, 0.29) is 0 Å². The fraction of sp³-hybridized carbons (Fsp3) is 0.150. The first-order valence-corrected chi connectivity index (χ1v) is 8.15. The molecule has 0 atom stereocenters. The molecule has 24 heavy (non-hydrogen) atoms. The largest absolute Gasteiger partial charge is 0.398 e. The summed E-state index contributed by atoms with van der Waals surface area (Å²) in [7, 11) is 0. The summed E-state index contributed by atoms with van der Waals surface area (Å²) < 4.78 is 2.10. The molecule has 0 saturated heterocycles. The Kier molecular flexibility index (Phi) is 3.58. The highest BCUT2D eigenvalue weighted by atomic mass is 15.4. The number of nitrogens with zero attached hydrogens (tertiary/aromatic N) is 3. The standard InChI is InChI=1S/C20H18N4/c1-2-14(15-8-3-4-9-16(15)21)19-18-11-7-13-24(18)23-20(19)17-10-5-6-12-22-17/h2-6,8-10,12,21H,1,7,11,13H2/p+1. The normalized spacial score (nSPS) is 18.4. The molecule has 2 aliphatic rings. The molecule has 2 N–H and O–H groups in total. The number of anilines is 1. The third kappa shape index (κ3) is 2.27. The Morgan fingerprint density at radius 2 is 2.00 bits per heavy atom. The maximum absolute atomic E-state index is 6.23. The van der Waals surface area contributed by atoms with Gasteiger partial charge < -0.3 is 5.73 Å². The Hall–Kier alpha value is -3.01. The molecular weight excluding hydrogens is 296 g/mol. The molecule has 1 aromatic heterocycles. The van der Waals surface area contributed by atoms with Crippen molar-refractivity contribution in [2.75, 3.05) is 12.3 Å². The summed E-state index contributed by atoms with van der Waals surface area (Å²) in [5.41, 5.74) is 13.1. The summed E-state index contributed by atoms with van der Waals surface area (Å²) in [5.74, 6) is 0. The van der Waals surface area contributed by atoms with E-state index in [2.05, 4.69) is 16.2 Å². The Labute approximate surface area is 141 Å². The lowest BCUT2D eigenvalue weighted by atomic mass is 9.90. The van der Waals surface area contributed by atoms with E-state index in [1.807, 2.05) is 48.5 Å². The lowest BCUT2D eigenvalue weighted by Crippen LogP contribution is -2.13. The van der Waals surface area contributed by atoms with Gasteiger partial charge in [-0.25, -0.2) is 0 Å². The van der Waals surface area contributed by atoms with Gasteiger partial charge in [0, 0.05) is 35.4 Å². The summed E-state index contributed by atoms with van der Waals surface area (Å²) in [6.07, 6.45) is 5.81. The van der Waals surface area contributed by atoms with E-state index in [1.54, 1.807) is 6.20 Å². The first kappa shape index (κ1) is 14.6. The molecule has 2 aromatic rings. The van der Waals surface area contributed by atoms with Crippen molar-refractivity contribution in [3.05, 3.63) is 78.1 Å². The zero-order valence-electron chi connectivity index (χ0n) is 13.4. The van der Waals surface area contributed by atoms with Crippen molar-refractivity contribution >= 4 is 22.7 Å². The van der Waals surface area contributed by atoms with E-state index in [1.165, 1.54) is 5.71 Å².